The molecule has 0 bridgehead atoms. The van der Waals surface area contributed by atoms with Gasteiger partial charge in [-0.25, -0.2) is 4.79 Å². The zero-order chi connectivity index (χ0) is 15.9. The van der Waals surface area contributed by atoms with E-state index in [1.807, 2.05) is 0 Å². The monoisotopic (exact) mass is 309 g/mol. The molecule has 0 aromatic carbocycles. The van der Waals surface area contributed by atoms with Crippen molar-refractivity contribution < 1.29 is 14.7 Å². The fourth-order valence-corrected chi connectivity index (χ4v) is 3.48. The Balaban J connectivity index is 1.78. The molecule has 2 aliphatic rings. The number of carboxylic acid groups (broad SMARTS) is 1. The maximum atomic E-state index is 12.0. The number of amides is 2. The van der Waals surface area contributed by atoms with E-state index in [2.05, 4.69) is 16.8 Å². The Morgan fingerprint density at radius 3 is 2.50 bits per heavy atom. The first-order valence-corrected chi connectivity index (χ1v) is 8.22. The van der Waals surface area contributed by atoms with E-state index in [0.717, 1.165) is 45.2 Å². The lowest BCUT2D eigenvalue weighted by atomic mass is 9.93. The van der Waals surface area contributed by atoms with Gasteiger partial charge in [0, 0.05) is 31.6 Å². The molecule has 124 valence electrons. The minimum absolute atomic E-state index is 0.109. The Morgan fingerprint density at radius 2 is 1.86 bits per heavy atom. The predicted octanol–water partition coefficient (Wildman–Crippen LogP) is 1.53. The van der Waals surface area contributed by atoms with E-state index in [4.69, 9.17) is 5.11 Å². The highest BCUT2D eigenvalue weighted by Gasteiger charge is 2.30. The lowest BCUT2D eigenvalue weighted by molar-refractivity contribution is -0.126. The first-order chi connectivity index (χ1) is 10.6. The van der Waals surface area contributed by atoms with Gasteiger partial charge in [-0.15, -0.1) is 6.58 Å². The summed E-state index contributed by atoms with van der Waals surface area (Å²) in [7, 11) is 0. The molecule has 2 rings (SSSR count). The third-order valence-corrected chi connectivity index (χ3v) is 4.81. The van der Waals surface area contributed by atoms with Gasteiger partial charge in [-0.2, -0.15) is 0 Å². The number of nitrogens with one attached hydrogen (secondary N) is 1. The molecule has 0 spiro atoms. The van der Waals surface area contributed by atoms with Crippen molar-refractivity contribution in [3.63, 3.8) is 0 Å². The van der Waals surface area contributed by atoms with Crippen LogP contribution in [-0.4, -0.2) is 65.7 Å². The van der Waals surface area contributed by atoms with Crippen LogP contribution in [0.5, 0.6) is 0 Å². The zero-order valence-corrected chi connectivity index (χ0v) is 13.2. The van der Waals surface area contributed by atoms with Gasteiger partial charge in [0.25, 0.3) is 0 Å². The van der Waals surface area contributed by atoms with E-state index in [0.29, 0.717) is 25.7 Å². The average molecular weight is 309 g/mol. The lowest BCUT2D eigenvalue weighted by Gasteiger charge is -2.36. The molecule has 1 atom stereocenters. The van der Waals surface area contributed by atoms with E-state index in [-0.39, 0.29) is 11.8 Å². The van der Waals surface area contributed by atoms with Crippen LogP contribution in [0, 0.1) is 5.92 Å². The largest absolute Gasteiger partial charge is 0.465 e. The third-order valence-electron chi connectivity index (χ3n) is 4.81. The molecule has 0 saturated carbocycles. The number of carbonyl (C=O) groups excluding carboxylic acids is 1. The zero-order valence-electron chi connectivity index (χ0n) is 13.2. The summed E-state index contributed by atoms with van der Waals surface area (Å²) in [4.78, 5) is 27.0. The van der Waals surface area contributed by atoms with Crippen molar-refractivity contribution in [2.24, 2.45) is 5.92 Å². The van der Waals surface area contributed by atoms with E-state index in [1.165, 1.54) is 4.90 Å². The molecular weight excluding hydrogens is 282 g/mol. The molecule has 0 radical (unpaired) electrons. The predicted molar refractivity (Wildman–Crippen MR) is 84.7 cm³/mol. The van der Waals surface area contributed by atoms with E-state index in [9.17, 15) is 9.59 Å². The molecule has 22 heavy (non-hydrogen) atoms. The SMILES string of the molecule is C=CCNC(=O)C1CCN(C2CCCN(C(=O)O)CC2)CC1. The number of carbonyl (C=O) groups is 2. The molecule has 0 aromatic rings. The Labute approximate surface area is 132 Å². The number of likely N-dealkylation sites (tertiary alicyclic amines) is 2. The minimum atomic E-state index is -0.807. The van der Waals surface area contributed by atoms with Crippen molar-refractivity contribution in [2.75, 3.05) is 32.7 Å². The van der Waals surface area contributed by atoms with Crippen LogP contribution >= 0.6 is 0 Å². The van der Waals surface area contributed by atoms with E-state index < -0.39 is 6.09 Å². The van der Waals surface area contributed by atoms with Crippen molar-refractivity contribution >= 4 is 12.0 Å². The smallest absolute Gasteiger partial charge is 0.407 e. The Kier molecular flexibility index (Phi) is 6.24. The summed E-state index contributed by atoms with van der Waals surface area (Å²) in [6.07, 6.45) is 5.56. The van der Waals surface area contributed by atoms with Crippen LogP contribution in [0.2, 0.25) is 0 Å². The summed E-state index contributed by atoms with van der Waals surface area (Å²) in [5, 5.41) is 12.0. The summed E-state index contributed by atoms with van der Waals surface area (Å²) in [6, 6.07) is 0.460. The number of nitrogens with zero attached hydrogens (tertiary/aromatic N) is 2. The summed E-state index contributed by atoms with van der Waals surface area (Å²) in [5.74, 6) is 0.245. The summed E-state index contributed by atoms with van der Waals surface area (Å²) in [6.45, 7) is 7.28. The standard InChI is InChI=1S/C16H27N3O3/c1-2-8-17-15(20)13-5-10-18(11-6-13)14-4-3-9-19(12-7-14)16(21)22/h2,13-14H,1,3-12H2,(H,17,20)(H,21,22). The molecular formula is C16H27N3O3. The molecule has 0 aromatic heterocycles. The Bertz CT molecular complexity index is 405. The van der Waals surface area contributed by atoms with Crippen molar-refractivity contribution in [3.8, 4) is 0 Å². The molecule has 6 nitrogen and oxygen atoms in total. The van der Waals surface area contributed by atoms with Gasteiger partial charge in [-0.1, -0.05) is 6.08 Å². The van der Waals surface area contributed by atoms with Gasteiger partial charge in [0.15, 0.2) is 0 Å². The van der Waals surface area contributed by atoms with E-state index in [1.54, 1.807) is 6.08 Å². The van der Waals surface area contributed by atoms with Gasteiger partial charge in [0.05, 0.1) is 0 Å². The number of rotatable bonds is 4. The average Bonchev–Trinajstić information content (AvgIpc) is 2.79. The van der Waals surface area contributed by atoms with Crippen LogP contribution in [0.1, 0.15) is 32.1 Å². The summed E-state index contributed by atoms with van der Waals surface area (Å²) >= 11 is 0. The van der Waals surface area contributed by atoms with Crippen LogP contribution < -0.4 is 5.32 Å². The topological polar surface area (TPSA) is 72.9 Å². The first-order valence-electron chi connectivity index (χ1n) is 8.22. The second-order valence-electron chi connectivity index (χ2n) is 6.20. The molecule has 0 aliphatic carbocycles. The highest BCUT2D eigenvalue weighted by atomic mass is 16.4. The van der Waals surface area contributed by atoms with Gasteiger partial charge in [-0.05, 0) is 45.2 Å². The second-order valence-corrected chi connectivity index (χ2v) is 6.20. The molecule has 2 fully saturated rings. The van der Waals surface area contributed by atoms with Crippen LogP contribution in [0.25, 0.3) is 0 Å². The fraction of sp³-hybridized carbons (Fsp3) is 0.750. The maximum Gasteiger partial charge on any atom is 0.407 e. The maximum absolute atomic E-state index is 12.0. The molecule has 2 amide bonds. The second kappa shape index (κ2) is 8.17. The van der Waals surface area contributed by atoms with Crippen LogP contribution in [-0.2, 0) is 4.79 Å². The Hall–Kier alpha value is -1.56. The summed E-state index contributed by atoms with van der Waals surface area (Å²) < 4.78 is 0. The normalized spacial score (nSPS) is 24.5. The number of piperidine rings is 1. The molecule has 6 heteroatoms. The van der Waals surface area contributed by atoms with Crippen molar-refractivity contribution in [2.45, 2.75) is 38.1 Å². The third kappa shape index (κ3) is 4.47. The molecule has 1 unspecified atom stereocenters. The molecule has 2 aliphatic heterocycles. The first kappa shape index (κ1) is 16.8. The number of hydrogen-bond donors (Lipinski definition) is 2. The van der Waals surface area contributed by atoms with Gasteiger partial charge < -0.3 is 20.2 Å². The van der Waals surface area contributed by atoms with Crippen molar-refractivity contribution in [3.05, 3.63) is 12.7 Å². The van der Waals surface area contributed by atoms with Crippen LogP contribution in [0.3, 0.4) is 0 Å². The molecule has 2 N–H and O–H groups in total. The summed E-state index contributed by atoms with van der Waals surface area (Å²) in [5.41, 5.74) is 0. The van der Waals surface area contributed by atoms with Gasteiger partial charge >= 0.3 is 6.09 Å². The van der Waals surface area contributed by atoms with Crippen LogP contribution in [0.15, 0.2) is 12.7 Å². The van der Waals surface area contributed by atoms with Crippen molar-refractivity contribution in [1.29, 1.82) is 0 Å². The van der Waals surface area contributed by atoms with Gasteiger partial charge in [0.1, 0.15) is 0 Å². The van der Waals surface area contributed by atoms with Crippen LogP contribution in [0.4, 0.5) is 4.79 Å². The Morgan fingerprint density at radius 1 is 1.14 bits per heavy atom. The minimum Gasteiger partial charge on any atom is -0.465 e. The van der Waals surface area contributed by atoms with Crippen molar-refractivity contribution in [1.82, 2.24) is 15.1 Å². The quantitative estimate of drug-likeness (QED) is 0.773. The highest BCUT2D eigenvalue weighted by Crippen LogP contribution is 2.24. The van der Waals surface area contributed by atoms with E-state index >= 15 is 0 Å². The number of hydrogen-bond acceptors (Lipinski definition) is 3. The fourth-order valence-electron chi connectivity index (χ4n) is 3.48. The molecule has 2 saturated heterocycles. The van der Waals surface area contributed by atoms with Gasteiger partial charge in [0.2, 0.25) is 5.91 Å². The van der Waals surface area contributed by atoms with Gasteiger partial charge in [-0.3, -0.25) is 4.79 Å². The molecule has 2 heterocycles. The highest BCUT2D eigenvalue weighted by molar-refractivity contribution is 5.78. The lowest BCUT2D eigenvalue weighted by Crippen LogP contribution is -2.45.